The van der Waals surface area contributed by atoms with E-state index in [-0.39, 0.29) is 6.04 Å². The topological polar surface area (TPSA) is 42.1 Å². The maximum absolute atomic E-state index is 6.01. The van der Waals surface area contributed by atoms with Crippen molar-refractivity contribution in [3.05, 3.63) is 23.9 Å². The molecule has 2 bridgehead atoms. The predicted octanol–water partition coefficient (Wildman–Crippen LogP) is 3.23. The van der Waals surface area contributed by atoms with Gasteiger partial charge in [0.25, 0.3) is 0 Å². The molecule has 0 saturated heterocycles. The molecule has 3 heteroatoms. The van der Waals surface area contributed by atoms with Crippen LogP contribution in [0.5, 0.6) is 0 Å². The first kappa shape index (κ1) is 14.8. The molecule has 4 atom stereocenters. The van der Waals surface area contributed by atoms with Crippen LogP contribution in [0.3, 0.4) is 0 Å². The summed E-state index contributed by atoms with van der Waals surface area (Å²) in [5.74, 6) is 4.01. The van der Waals surface area contributed by atoms with Crippen LogP contribution in [0.2, 0.25) is 0 Å². The first-order valence-electron chi connectivity index (χ1n) is 8.57. The van der Waals surface area contributed by atoms with Gasteiger partial charge in [0.1, 0.15) is 5.82 Å². The lowest BCUT2D eigenvalue weighted by molar-refractivity contribution is 0.337. The van der Waals surface area contributed by atoms with Crippen LogP contribution in [-0.2, 0) is 6.42 Å². The molecule has 2 fully saturated rings. The molecule has 21 heavy (non-hydrogen) atoms. The maximum atomic E-state index is 6.01. The monoisotopic (exact) mass is 287 g/mol. The van der Waals surface area contributed by atoms with Crippen molar-refractivity contribution in [1.29, 1.82) is 0 Å². The van der Waals surface area contributed by atoms with Gasteiger partial charge < -0.3 is 10.6 Å². The summed E-state index contributed by atoms with van der Waals surface area (Å²) in [6, 6.07) is 4.60. The molecule has 2 aliphatic carbocycles. The number of anilines is 1. The molecule has 0 aromatic carbocycles. The summed E-state index contributed by atoms with van der Waals surface area (Å²) in [6.45, 7) is 3.30. The lowest BCUT2D eigenvalue weighted by Gasteiger charge is -2.28. The van der Waals surface area contributed by atoms with Crippen molar-refractivity contribution in [1.82, 2.24) is 4.98 Å². The highest BCUT2D eigenvalue weighted by atomic mass is 15.2. The zero-order valence-corrected chi connectivity index (χ0v) is 13.5. The molecule has 0 aliphatic heterocycles. The van der Waals surface area contributed by atoms with E-state index in [9.17, 15) is 0 Å². The van der Waals surface area contributed by atoms with Crippen LogP contribution in [0.4, 0.5) is 5.82 Å². The zero-order chi connectivity index (χ0) is 14.8. The van der Waals surface area contributed by atoms with E-state index < -0.39 is 0 Å². The van der Waals surface area contributed by atoms with E-state index in [2.05, 4.69) is 36.0 Å². The van der Waals surface area contributed by atoms with E-state index >= 15 is 0 Å². The van der Waals surface area contributed by atoms with Gasteiger partial charge in [0.05, 0.1) is 0 Å². The Kier molecular flexibility index (Phi) is 4.48. The van der Waals surface area contributed by atoms with Gasteiger partial charge in [-0.1, -0.05) is 19.4 Å². The van der Waals surface area contributed by atoms with Crippen LogP contribution >= 0.6 is 0 Å². The number of nitrogens with zero attached hydrogens (tertiary/aromatic N) is 2. The van der Waals surface area contributed by atoms with Crippen LogP contribution in [0, 0.1) is 17.8 Å². The quantitative estimate of drug-likeness (QED) is 0.873. The molecule has 0 spiro atoms. The van der Waals surface area contributed by atoms with Gasteiger partial charge in [-0.2, -0.15) is 0 Å². The van der Waals surface area contributed by atoms with E-state index in [4.69, 9.17) is 5.73 Å². The largest absolute Gasteiger partial charge is 0.359 e. The van der Waals surface area contributed by atoms with Gasteiger partial charge in [-0.25, -0.2) is 4.98 Å². The molecule has 1 aromatic heterocycles. The molecule has 4 unspecified atom stereocenters. The van der Waals surface area contributed by atoms with Crippen molar-refractivity contribution >= 4 is 5.82 Å². The number of rotatable bonds is 6. The summed E-state index contributed by atoms with van der Waals surface area (Å²) in [5.41, 5.74) is 7.26. The Hall–Kier alpha value is -1.09. The molecular weight excluding hydrogens is 258 g/mol. The molecule has 3 nitrogen and oxygen atoms in total. The standard InChI is InChI=1S/C18H29N3/c1-3-17(19)10-14-5-7-18(20-11-14)21(2)12-16-9-13-4-6-15(16)8-13/h5,7,11,13,15-17H,3-4,6,8-10,12,19H2,1-2H3. The van der Waals surface area contributed by atoms with E-state index in [1.54, 1.807) is 0 Å². The molecule has 0 amide bonds. The van der Waals surface area contributed by atoms with Gasteiger partial charge in [0.2, 0.25) is 0 Å². The Morgan fingerprint density at radius 1 is 1.33 bits per heavy atom. The van der Waals surface area contributed by atoms with Crippen molar-refractivity contribution in [3.63, 3.8) is 0 Å². The first-order chi connectivity index (χ1) is 10.2. The Morgan fingerprint density at radius 3 is 2.76 bits per heavy atom. The Labute approximate surface area is 128 Å². The average Bonchev–Trinajstić information content (AvgIpc) is 3.10. The fourth-order valence-corrected chi connectivity index (χ4v) is 4.26. The zero-order valence-electron chi connectivity index (χ0n) is 13.5. The van der Waals surface area contributed by atoms with Gasteiger partial charge >= 0.3 is 0 Å². The van der Waals surface area contributed by atoms with Crippen LogP contribution in [-0.4, -0.2) is 24.6 Å². The van der Waals surface area contributed by atoms with Crippen LogP contribution in [0.1, 0.15) is 44.6 Å². The Bertz CT molecular complexity index is 456. The maximum Gasteiger partial charge on any atom is 0.128 e. The normalized spacial score (nSPS) is 28.8. The van der Waals surface area contributed by atoms with Gasteiger partial charge in [-0.05, 0) is 61.5 Å². The fraction of sp³-hybridized carbons (Fsp3) is 0.722. The molecular formula is C18H29N3. The summed E-state index contributed by atoms with van der Waals surface area (Å²) in [6.07, 6.45) is 9.83. The summed E-state index contributed by atoms with van der Waals surface area (Å²) in [4.78, 5) is 6.98. The molecule has 0 radical (unpaired) electrons. The van der Waals surface area contributed by atoms with Crippen LogP contribution in [0.25, 0.3) is 0 Å². The van der Waals surface area contributed by atoms with Gasteiger partial charge in [0.15, 0.2) is 0 Å². The van der Waals surface area contributed by atoms with Gasteiger partial charge in [0, 0.05) is 25.8 Å². The van der Waals surface area contributed by atoms with Crippen LogP contribution < -0.4 is 10.6 Å². The molecule has 2 N–H and O–H groups in total. The van der Waals surface area contributed by atoms with Crippen molar-refractivity contribution in [2.24, 2.45) is 23.5 Å². The predicted molar refractivity (Wildman–Crippen MR) is 88.4 cm³/mol. The molecule has 116 valence electrons. The van der Waals surface area contributed by atoms with Crippen molar-refractivity contribution in [2.75, 3.05) is 18.5 Å². The summed E-state index contributed by atoms with van der Waals surface area (Å²) in [5, 5.41) is 0. The Morgan fingerprint density at radius 2 is 2.19 bits per heavy atom. The number of hydrogen-bond acceptors (Lipinski definition) is 3. The summed E-state index contributed by atoms with van der Waals surface area (Å²) < 4.78 is 0. The lowest BCUT2D eigenvalue weighted by Crippen LogP contribution is -2.29. The number of nitrogens with two attached hydrogens (primary N) is 1. The smallest absolute Gasteiger partial charge is 0.128 e. The second kappa shape index (κ2) is 6.35. The molecule has 2 aliphatic rings. The summed E-state index contributed by atoms with van der Waals surface area (Å²) in [7, 11) is 2.19. The second-order valence-corrected chi connectivity index (χ2v) is 7.21. The number of fused-ring (bicyclic) bond motifs is 2. The van der Waals surface area contributed by atoms with E-state index in [1.807, 2.05) is 6.20 Å². The minimum atomic E-state index is 0.254. The lowest BCUT2D eigenvalue weighted by atomic mass is 9.88. The van der Waals surface area contributed by atoms with Crippen LogP contribution in [0.15, 0.2) is 18.3 Å². The minimum absolute atomic E-state index is 0.254. The third-order valence-corrected chi connectivity index (χ3v) is 5.62. The third-order valence-electron chi connectivity index (χ3n) is 5.62. The van der Waals surface area contributed by atoms with E-state index in [1.165, 1.54) is 37.8 Å². The third kappa shape index (κ3) is 3.39. The van der Waals surface area contributed by atoms with E-state index in [0.717, 1.165) is 36.4 Å². The Balaban J connectivity index is 1.56. The molecule has 3 rings (SSSR count). The fourth-order valence-electron chi connectivity index (χ4n) is 4.26. The molecule has 1 heterocycles. The SMILES string of the molecule is CCC(N)Cc1ccc(N(C)CC2CC3CCC2C3)nc1. The van der Waals surface area contributed by atoms with Gasteiger partial charge in [-0.15, -0.1) is 0 Å². The number of hydrogen-bond donors (Lipinski definition) is 1. The average molecular weight is 287 g/mol. The second-order valence-electron chi connectivity index (χ2n) is 7.21. The molecule has 1 aromatic rings. The van der Waals surface area contributed by atoms with Crippen molar-refractivity contribution in [3.8, 4) is 0 Å². The van der Waals surface area contributed by atoms with Crippen molar-refractivity contribution in [2.45, 2.75) is 51.5 Å². The number of pyridine rings is 1. The highest BCUT2D eigenvalue weighted by molar-refractivity contribution is 5.38. The van der Waals surface area contributed by atoms with Gasteiger partial charge in [-0.3, -0.25) is 0 Å². The number of aromatic nitrogens is 1. The first-order valence-corrected chi connectivity index (χ1v) is 8.57. The summed E-state index contributed by atoms with van der Waals surface area (Å²) >= 11 is 0. The minimum Gasteiger partial charge on any atom is -0.359 e. The van der Waals surface area contributed by atoms with E-state index in [0.29, 0.717) is 0 Å². The van der Waals surface area contributed by atoms with Crippen molar-refractivity contribution < 1.29 is 0 Å². The molecule has 2 saturated carbocycles. The highest BCUT2D eigenvalue weighted by Crippen LogP contribution is 2.48. The highest BCUT2D eigenvalue weighted by Gasteiger charge is 2.39.